The fourth-order valence-electron chi connectivity index (χ4n) is 4.09. The highest BCUT2D eigenvalue weighted by atomic mass is 19.4. The summed E-state index contributed by atoms with van der Waals surface area (Å²) in [7, 11) is 0. The van der Waals surface area contributed by atoms with Gasteiger partial charge in [-0.2, -0.15) is 13.2 Å². The Morgan fingerprint density at radius 1 is 1.28 bits per heavy atom. The summed E-state index contributed by atoms with van der Waals surface area (Å²) in [6, 6.07) is 7.82. The standard InChI is InChI=1S/C18H21F3N2O2/c19-18(20,21)10-22-17(24)13-8-23(7-11-5-6-11)16-12-3-1-2-4-15(12)25-9-14(13)16/h1-4,11,13-14,16H,5-10H2,(H,22,24)/t13-,14+,16+/m1/s1. The Morgan fingerprint density at radius 3 is 2.76 bits per heavy atom. The zero-order valence-corrected chi connectivity index (χ0v) is 13.8. The van der Waals surface area contributed by atoms with Crippen molar-refractivity contribution in [2.45, 2.75) is 25.1 Å². The molecule has 1 aromatic rings. The number of amides is 1. The largest absolute Gasteiger partial charge is 0.493 e. The Labute approximate surface area is 144 Å². The molecule has 4 rings (SSSR count). The lowest BCUT2D eigenvalue weighted by Gasteiger charge is -2.34. The number of nitrogens with one attached hydrogen (secondary N) is 1. The van der Waals surface area contributed by atoms with E-state index in [0.717, 1.165) is 17.9 Å². The van der Waals surface area contributed by atoms with Crippen molar-refractivity contribution in [1.29, 1.82) is 0 Å². The second kappa shape index (κ2) is 6.20. The molecule has 2 fully saturated rings. The van der Waals surface area contributed by atoms with E-state index in [1.807, 2.05) is 24.3 Å². The van der Waals surface area contributed by atoms with Gasteiger partial charge in [0.1, 0.15) is 12.3 Å². The first-order valence-corrected chi connectivity index (χ1v) is 8.72. The molecule has 0 radical (unpaired) electrons. The van der Waals surface area contributed by atoms with Crippen LogP contribution in [0.25, 0.3) is 0 Å². The smallest absolute Gasteiger partial charge is 0.405 e. The number of fused-ring (bicyclic) bond motifs is 3. The predicted molar refractivity (Wildman–Crippen MR) is 85.0 cm³/mol. The topological polar surface area (TPSA) is 41.6 Å². The molecule has 1 saturated carbocycles. The van der Waals surface area contributed by atoms with Gasteiger partial charge < -0.3 is 10.1 Å². The molecular formula is C18H21F3N2O2. The summed E-state index contributed by atoms with van der Waals surface area (Å²) in [5, 5.41) is 2.06. The minimum atomic E-state index is -4.39. The first-order valence-electron chi connectivity index (χ1n) is 8.72. The molecule has 1 N–H and O–H groups in total. The number of rotatable bonds is 4. The highest BCUT2D eigenvalue weighted by Gasteiger charge is 2.50. The minimum absolute atomic E-state index is 0.0483. The van der Waals surface area contributed by atoms with E-state index in [0.29, 0.717) is 19.1 Å². The molecular weight excluding hydrogens is 333 g/mol. The van der Waals surface area contributed by atoms with Crippen LogP contribution in [0.1, 0.15) is 24.4 Å². The molecule has 1 saturated heterocycles. The molecule has 1 aromatic carbocycles. The van der Waals surface area contributed by atoms with E-state index < -0.39 is 24.5 Å². The van der Waals surface area contributed by atoms with E-state index >= 15 is 0 Å². The van der Waals surface area contributed by atoms with Crippen LogP contribution in [0.15, 0.2) is 24.3 Å². The lowest BCUT2D eigenvalue weighted by atomic mass is 9.85. The van der Waals surface area contributed by atoms with Crippen molar-refractivity contribution in [3.63, 3.8) is 0 Å². The van der Waals surface area contributed by atoms with Gasteiger partial charge in [0.25, 0.3) is 0 Å². The Balaban J connectivity index is 1.56. The number of ether oxygens (including phenoxy) is 1. The summed E-state index contributed by atoms with van der Waals surface area (Å²) < 4.78 is 43.1. The SMILES string of the molecule is O=C(NCC(F)(F)F)[C@@H]1CN(CC2CC2)[C@H]2c3ccccc3OC[C@@H]12. The molecule has 3 atom stereocenters. The second-order valence-electron chi connectivity index (χ2n) is 7.29. The van der Waals surface area contributed by atoms with Crippen LogP contribution in [0.2, 0.25) is 0 Å². The van der Waals surface area contributed by atoms with Crippen molar-refractivity contribution in [1.82, 2.24) is 10.2 Å². The van der Waals surface area contributed by atoms with Gasteiger partial charge in [-0.1, -0.05) is 18.2 Å². The molecule has 0 unspecified atom stereocenters. The van der Waals surface area contributed by atoms with Gasteiger partial charge in [-0.05, 0) is 24.8 Å². The number of likely N-dealkylation sites (tertiary alicyclic amines) is 1. The van der Waals surface area contributed by atoms with E-state index in [1.54, 1.807) is 0 Å². The number of nitrogens with zero attached hydrogens (tertiary/aromatic N) is 1. The zero-order valence-electron chi connectivity index (χ0n) is 13.8. The monoisotopic (exact) mass is 354 g/mol. The molecule has 25 heavy (non-hydrogen) atoms. The average molecular weight is 354 g/mol. The van der Waals surface area contributed by atoms with Crippen LogP contribution in [0, 0.1) is 17.8 Å². The maximum absolute atomic E-state index is 12.4. The average Bonchev–Trinajstić information content (AvgIpc) is 3.31. The first-order chi connectivity index (χ1) is 11.9. The number of carbonyl (C=O) groups is 1. The fourth-order valence-corrected chi connectivity index (χ4v) is 4.09. The molecule has 4 nitrogen and oxygen atoms in total. The quantitative estimate of drug-likeness (QED) is 0.904. The Bertz CT molecular complexity index is 660. The van der Waals surface area contributed by atoms with Crippen LogP contribution in [-0.4, -0.2) is 43.2 Å². The summed E-state index contributed by atoms with van der Waals surface area (Å²) in [4.78, 5) is 14.7. The van der Waals surface area contributed by atoms with Crippen LogP contribution in [0.3, 0.4) is 0 Å². The molecule has 2 aliphatic heterocycles. The van der Waals surface area contributed by atoms with Gasteiger partial charge in [0.05, 0.1) is 12.5 Å². The number of hydrogen-bond donors (Lipinski definition) is 1. The number of hydrogen-bond acceptors (Lipinski definition) is 3. The van der Waals surface area contributed by atoms with E-state index in [1.165, 1.54) is 12.8 Å². The van der Waals surface area contributed by atoms with Crippen LogP contribution >= 0.6 is 0 Å². The van der Waals surface area contributed by atoms with E-state index in [-0.39, 0.29) is 12.0 Å². The van der Waals surface area contributed by atoms with Crippen LogP contribution in [-0.2, 0) is 4.79 Å². The van der Waals surface area contributed by atoms with Crippen LogP contribution in [0.5, 0.6) is 5.75 Å². The highest BCUT2D eigenvalue weighted by Crippen LogP contribution is 2.48. The zero-order chi connectivity index (χ0) is 17.6. The fraction of sp³-hybridized carbons (Fsp3) is 0.611. The van der Waals surface area contributed by atoms with Crippen molar-refractivity contribution in [2.75, 3.05) is 26.2 Å². The summed E-state index contributed by atoms with van der Waals surface area (Å²) in [5.74, 6) is 0.364. The molecule has 1 amide bonds. The van der Waals surface area contributed by atoms with E-state index in [9.17, 15) is 18.0 Å². The van der Waals surface area contributed by atoms with Gasteiger partial charge in [-0.15, -0.1) is 0 Å². The van der Waals surface area contributed by atoms with Crippen molar-refractivity contribution in [3.05, 3.63) is 29.8 Å². The van der Waals surface area contributed by atoms with Crippen molar-refractivity contribution in [3.8, 4) is 5.75 Å². The van der Waals surface area contributed by atoms with E-state index in [2.05, 4.69) is 10.2 Å². The lowest BCUT2D eigenvalue weighted by molar-refractivity contribution is -0.141. The van der Waals surface area contributed by atoms with Crippen molar-refractivity contribution in [2.24, 2.45) is 17.8 Å². The number of para-hydroxylation sites is 1. The third-order valence-electron chi connectivity index (χ3n) is 5.41. The molecule has 3 aliphatic rings. The van der Waals surface area contributed by atoms with Gasteiger partial charge in [0, 0.05) is 30.6 Å². The molecule has 136 valence electrons. The van der Waals surface area contributed by atoms with Gasteiger partial charge in [-0.25, -0.2) is 0 Å². The Kier molecular flexibility index (Phi) is 4.14. The minimum Gasteiger partial charge on any atom is -0.493 e. The maximum Gasteiger partial charge on any atom is 0.405 e. The van der Waals surface area contributed by atoms with E-state index in [4.69, 9.17) is 4.74 Å². The van der Waals surface area contributed by atoms with Crippen LogP contribution < -0.4 is 10.1 Å². The normalized spacial score (nSPS) is 28.8. The molecule has 2 heterocycles. The summed E-state index contributed by atoms with van der Waals surface area (Å²) in [6.45, 7) is 0.485. The highest BCUT2D eigenvalue weighted by molar-refractivity contribution is 5.80. The number of halogens is 3. The van der Waals surface area contributed by atoms with Crippen LogP contribution in [0.4, 0.5) is 13.2 Å². The van der Waals surface area contributed by atoms with Gasteiger partial charge in [-0.3, -0.25) is 9.69 Å². The van der Waals surface area contributed by atoms with Gasteiger partial charge >= 0.3 is 6.18 Å². The number of carbonyl (C=O) groups excluding carboxylic acids is 1. The lowest BCUT2D eigenvalue weighted by Crippen LogP contribution is -2.41. The third kappa shape index (κ3) is 3.47. The Morgan fingerprint density at radius 2 is 2.04 bits per heavy atom. The first kappa shape index (κ1) is 16.7. The third-order valence-corrected chi connectivity index (χ3v) is 5.41. The van der Waals surface area contributed by atoms with Gasteiger partial charge in [0.15, 0.2) is 0 Å². The summed E-state index contributed by atoms with van der Waals surface area (Å²) in [5.41, 5.74) is 1.05. The molecule has 0 bridgehead atoms. The van der Waals surface area contributed by atoms with Crippen molar-refractivity contribution < 1.29 is 22.7 Å². The Hall–Kier alpha value is -1.76. The molecule has 0 aromatic heterocycles. The number of alkyl halides is 3. The summed E-state index contributed by atoms with van der Waals surface area (Å²) in [6.07, 6.45) is -2.01. The molecule has 1 aliphatic carbocycles. The van der Waals surface area contributed by atoms with Gasteiger partial charge in [0.2, 0.25) is 5.91 Å². The summed E-state index contributed by atoms with van der Waals surface area (Å²) >= 11 is 0. The molecule has 7 heteroatoms. The van der Waals surface area contributed by atoms with Crippen molar-refractivity contribution >= 4 is 5.91 Å². The maximum atomic E-state index is 12.4. The number of benzene rings is 1. The predicted octanol–water partition coefficient (Wildman–Crippen LogP) is 2.76. The second-order valence-corrected chi connectivity index (χ2v) is 7.29. The molecule has 0 spiro atoms.